The van der Waals surface area contributed by atoms with Gasteiger partial charge in [-0.05, 0) is 31.5 Å². The monoisotopic (exact) mass is 293 g/mol. The number of hydrogen-bond acceptors (Lipinski definition) is 5. The van der Waals surface area contributed by atoms with Crippen molar-refractivity contribution in [1.82, 2.24) is 4.90 Å². The van der Waals surface area contributed by atoms with Crippen molar-refractivity contribution in [2.75, 3.05) is 37.9 Å². The fraction of sp³-hybridized carbons (Fsp3) is 0.533. The standard InChI is InChI=1S/C15H23N3O3/c1-21-12-4-5-14(13(16)9-12)17-15(20)6-8-18-7-2-3-11(18)10-19/h4-5,9,11,19H,2-3,6-8,10,16H2,1H3,(H,17,20). The van der Waals surface area contributed by atoms with Crippen molar-refractivity contribution in [3.8, 4) is 5.75 Å². The Morgan fingerprint density at radius 3 is 3.05 bits per heavy atom. The number of nitrogens with two attached hydrogens (primary N) is 1. The van der Waals surface area contributed by atoms with Crippen LogP contribution in [0.2, 0.25) is 0 Å². The first kappa shape index (κ1) is 15.6. The van der Waals surface area contributed by atoms with Crippen molar-refractivity contribution >= 4 is 17.3 Å². The molecule has 1 aliphatic heterocycles. The molecule has 0 bridgehead atoms. The lowest BCUT2D eigenvalue weighted by Gasteiger charge is -2.22. The molecule has 1 fully saturated rings. The summed E-state index contributed by atoms with van der Waals surface area (Å²) in [5, 5.41) is 12.1. The predicted molar refractivity (Wildman–Crippen MR) is 82.3 cm³/mol. The molecule has 2 rings (SSSR count). The smallest absolute Gasteiger partial charge is 0.225 e. The van der Waals surface area contributed by atoms with Crippen LogP contribution in [0.3, 0.4) is 0 Å². The number of amides is 1. The highest BCUT2D eigenvalue weighted by Crippen LogP contribution is 2.24. The van der Waals surface area contributed by atoms with Crippen LogP contribution < -0.4 is 15.8 Å². The average Bonchev–Trinajstić information content (AvgIpc) is 2.94. The van der Waals surface area contributed by atoms with E-state index in [0.29, 0.717) is 30.1 Å². The normalized spacial score (nSPS) is 18.7. The Labute approximate surface area is 124 Å². The molecule has 21 heavy (non-hydrogen) atoms. The summed E-state index contributed by atoms with van der Waals surface area (Å²) in [6.07, 6.45) is 2.48. The van der Waals surface area contributed by atoms with Gasteiger partial charge in [0.25, 0.3) is 0 Å². The quantitative estimate of drug-likeness (QED) is 0.683. The van der Waals surface area contributed by atoms with Crippen LogP contribution in [0.5, 0.6) is 5.75 Å². The number of carbonyl (C=O) groups is 1. The summed E-state index contributed by atoms with van der Waals surface area (Å²) in [6, 6.07) is 5.37. The molecule has 6 heteroatoms. The number of ether oxygens (including phenoxy) is 1. The zero-order valence-corrected chi connectivity index (χ0v) is 12.3. The number of nitrogens with one attached hydrogen (secondary N) is 1. The fourth-order valence-corrected chi connectivity index (χ4v) is 2.64. The van der Waals surface area contributed by atoms with Gasteiger partial charge >= 0.3 is 0 Å². The zero-order chi connectivity index (χ0) is 15.2. The first-order chi connectivity index (χ1) is 10.1. The molecule has 1 atom stereocenters. The van der Waals surface area contributed by atoms with Crippen LogP contribution in [0.4, 0.5) is 11.4 Å². The number of rotatable bonds is 6. The van der Waals surface area contributed by atoms with Gasteiger partial charge in [0.1, 0.15) is 5.75 Å². The molecule has 0 spiro atoms. The number of likely N-dealkylation sites (tertiary alicyclic amines) is 1. The number of nitrogens with zero attached hydrogens (tertiary/aromatic N) is 1. The van der Waals surface area contributed by atoms with Crippen molar-refractivity contribution in [3.05, 3.63) is 18.2 Å². The summed E-state index contributed by atoms with van der Waals surface area (Å²) >= 11 is 0. The number of aliphatic hydroxyl groups excluding tert-OH is 1. The maximum atomic E-state index is 12.0. The van der Waals surface area contributed by atoms with Crippen molar-refractivity contribution in [1.29, 1.82) is 0 Å². The van der Waals surface area contributed by atoms with Gasteiger partial charge in [0, 0.05) is 25.1 Å². The maximum Gasteiger partial charge on any atom is 0.225 e. The molecule has 1 saturated heterocycles. The summed E-state index contributed by atoms with van der Waals surface area (Å²) in [7, 11) is 1.57. The Morgan fingerprint density at radius 1 is 1.57 bits per heavy atom. The van der Waals surface area contributed by atoms with Gasteiger partial charge in [-0.2, -0.15) is 0 Å². The highest BCUT2D eigenvalue weighted by Gasteiger charge is 2.23. The van der Waals surface area contributed by atoms with Crippen LogP contribution in [0.15, 0.2) is 18.2 Å². The van der Waals surface area contributed by atoms with Gasteiger partial charge in [-0.15, -0.1) is 0 Å². The molecule has 0 aromatic heterocycles. The van der Waals surface area contributed by atoms with E-state index in [4.69, 9.17) is 10.5 Å². The maximum absolute atomic E-state index is 12.0. The number of carbonyl (C=O) groups excluding carboxylic acids is 1. The summed E-state index contributed by atoms with van der Waals surface area (Å²) in [6.45, 7) is 1.77. The summed E-state index contributed by atoms with van der Waals surface area (Å²) < 4.78 is 5.07. The van der Waals surface area contributed by atoms with E-state index in [0.717, 1.165) is 19.4 Å². The highest BCUT2D eigenvalue weighted by molar-refractivity contribution is 5.94. The topological polar surface area (TPSA) is 87.8 Å². The van der Waals surface area contributed by atoms with Gasteiger partial charge in [0.05, 0.1) is 25.1 Å². The summed E-state index contributed by atoms with van der Waals surface area (Å²) in [5.74, 6) is 0.587. The first-order valence-electron chi connectivity index (χ1n) is 7.22. The van der Waals surface area contributed by atoms with Crippen molar-refractivity contribution in [2.45, 2.75) is 25.3 Å². The molecule has 1 aliphatic rings. The molecule has 1 heterocycles. The lowest BCUT2D eigenvalue weighted by Crippen LogP contribution is -2.34. The largest absolute Gasteiger partial charge is 0.497 e. The Hall–Kier alpha value is -1.79. The number of benzene rings is 1. The summed E-state index contributed by atoms with van der Waals surface area (Å²) in [4.78, 5) is 14.1. The van der Waals surface area contributed by atoms with Gasteiger partial charge in [-0.25, -0.2) is 0 Å². The van der Waals surface area contributed by atoms with Crippen molar-refractivity contribution in [2.24, 2.45) is 0 Å². The van der Waals surface area contributed by atoms with Gasteiger partial charge in [0.2, 0.25) is 5.91 Å². The Morgan fingerprint density at radius 2 is 2.38 bits per heavy atom. The number of methoxy groups -OCH3 is 1. The van der Waals surface area contributed by atoms with E-state index >= 15 is 0 Å². The zero-order valence-electron chi connectivity index (χ0n) is 12.3. The Bertz CT molecular complexity index is 493. The van der Waals surface area contributed by atoms with Crippen LogP contribution in [0, 0.1) is 0 Å². The minimum atomic E-state index is -0.0737. The SMILES string of the molecule is COc1ccc(NC(=O)CCN2CCCC2CO)c(N)c1. The molecular weight excluding hydrogens is 270 g/mol. The molecular formula is C15H23N3O3. The van der Waals surface area contributed by atoms with Gasteiger partial charge in [-0.1, -0.05) is 0 Å². The van der Waals surface area contributed by atoms with E-state index in [1.165, 1.54) is 0 Å². The van der Waals surface area contributed by atoms with Crippen LogP contribution >= 0.6 is 0 Å². The third kappa shape index (κ3) is 4.09. The number of hydrogen-bond donors (Lipinski definition) is 3. The molecule has 0 saturated carbocycles. The molecule has 1 aromatic rings. The molecule has 116 valence electrons. The molecule has 1 amide bonds. The number of nitrogen functional groups attached to an aromatic ring is 1. The van der Waals surface area contributed by atoms with Gasteiger partial charge < -0.3 is 20.9 Å². The van der Waals surface area contributed by atoms with Crippen LogP contribution in [-0.2, 0) is 4.79 Å². The third-order valence-corrected chi connectivity index (χ3v) is 3.87. The van der Waals surface area contributed by atoms with Crippen LogP contribution in [0.25, 0.3) is 0 Å². The molecule has 1 aromatic carbocycles. The fourth-order valence-electron chi connectivity index (χ4n) is 2.64. The highest BCUT2D eigenvalue weighted by atomic mass is 16.5. The first-order valence-corrected chi connectivity index (χ1v) is 7.22. The van der Waals surface area contributed by atoms with E-state index in [1.807, 2.05) is 0 Å². The second-order valence-corrected chi connectivity index (χ2v) is 5.27. The lowest BCUT2D eigenvalue weighted by atomic mass is 10.2. The van der Waals surface area contributed by atoms with Crippen LogP contribution in [-0.4, -0.2) is 48.8 Å². The number of anilines is 2. The molecule has 6 nitrogen and oxygen atoms in total. The summed E-state index contributed by atoms with van der Waals surface area (Å²) in [5.41, 5.74) is 6.95. The van der Waals surface area contributed by atoms with Gasteiger partial charge in [-0.3, -0.25) is 9.69 Å². The molecule has 4 N–H and O–H groups in total. The number of aliphatic hydroxyl groups is 1. The second-order valence-electron chi connectivity index (χ2n) is 5.27. The van der Waals surface area contributed by atoms with Gasteiger partial charge in [0.15, 0.2) is 0 Å². The molecule has 1 unspecified atom stereocenters. The van der Waals surface area contributed by atoms with E-state index in [1.54, 1.807) is 25.3 Å². The van der Waals surface area contributed by atoms with E-state index in [2.05, 4.69) is 10.2 Å². The minimum absolute atomic E-state index is 0.0737. The second kappa shape index (κ2) is 7.28. The third-order valence-electron chi connectivity index (χ3n) is 3.87. The lowest BCUT2D eigenvalue weighted by molar-refractivity contribution is -0.116. The Balaban J connectivity index is 1.84. The van der Waals surface area contributed by atoms with E-state index in [-0.39, 0.29) is 18.6 Å². The van der Waals surface area contributed by atoms with Crippen molar-refractivity contribution < 1.29 is 14.6 Å². The van der Waals surface area contributed by atoms with E-state index < -0.39 is 0 Å². The average molecular weight is 293 g/mol. The molecule has 0 aliphatic carbocycles. The molecule has 0 radical (unpaired) electrons. The van der Waals surface area contributed by atoms with Crippen molar-refractivity contribution in [3.63, 3.8) is 0 Å². The Kier molecular flexibility index (Phi) is 5.41. The van der Waals surface area contributed by atoms with Crippen LogP contribution in [0.1, 0.15) is 19.3 Å². The predicted octanol–water partition coefficient (Wildman–Crippen LogP) is 1.06. The van der Waals surface area contributed by atoms with E-state index in [9.17, 15) is 9.90 Å². The minimum Gasteiger partial charge on any atom is -0.497 e.